The number of benzene rings is 2. The average Bonchev–Trinajstić information content (AvgIpc) is 2.62. The number of carbonyl (C=O) groups excluding carboxylic acids is 1. The number of methoxy groups -OCH3 is 1. The van der Waals surface area contributed by atoms with Crippen molar-refractivity contribution in [2.24, 2.45) is 0 Å². The Morgan fingerprint density at radius 3 is 2.28 bits per heavy atom. The molecule has 0 saturated carbocycles. The van der Waals surface area contributed by atoms with Crippen LogP contribution in [0.15, 0.2) is 42.5 Å². The van der Waals surface area contributed by atoms with Gasteiger partial charge >= 0.3 is 6.09 Å². The van der Waals surface area contributed by atoms with Crippen LogP contribution in [0.3, 0.4) is 0 Å². The highest BCUT2D eigenvalue weighted by Gasteiger charge is 2.13. The van der Waals surface area contributed by atoms with Gasteiger partial charge in [-0.2, -0.15) is 0 Å². The van der Waals surface area contributed by atoms with E-state index in [9.17, 15) is 4.79 Å². The average molecular weight is 344 g/mol. The van der Waals surface area contributed by atoms with Gasteiger partial charge in [-0.1, -0.05) is 13.8 Å². The molecule has 2 aromatic carbocycles. The molecular weight excluding hydrogens is 320 g/mol. The fourth-order valence-corrected chi connectivity index (χ4v) is 2.25. The molecular formula is C19H24N2O4. The Hall–Kier alpha value is -2.89. The van der Waals surface area contributed by atoms with Crippen LogP contribution in [0.1, 0.15) is 26.7 Å². The monoisotopic (exact) mass is 344 g/mol. The van der Waals surface area contributed by atoms with E-state index in [0.29, 0.717) is 28.7 Å². The predicted octanol–water partition coefficient (Wildman–Crippen LogP) is 4.35. The van der Waals surface area contributed by atoms with Crippen LogP contribution in [0.2, 0.25) is 0 Å². The van der Waals surface area contributed by atoms with Gasteiger partial charge in [0, 0.05) is 17.8 Å². The fraction of sp³-hybridized carbons (Fsp3) is 0.316. The van der Waals surface area contributed by atoms with Gasteiger partial charge in [-0.3, -0.25) is 0 Å². The minimum Gasteiger partial charge on any atom is -0.493 e. The van der Waals surface area contributed by atoms with Crippen molar-refractivity contribution in [2.45, 2.75) is 32.7 Å². The maximum Gasteiger partial charge on any atom is 0.412 e. The zero-order valence-electron chi connectivity index (χ0n) is 14.7. The van der Waals surface area contributed by atoms with Gasteiger partial charge in [-0.05, 0) is 49.2 Å². The minimum absolute atomic E-state index is 0.0996. The molecule has 0 aliphatic rings. The number of carbonyl (C=O) groups is 1. The first-order valence-electron chi connectivity index (χ1n) is 8.25. The number of nitrogens with one attached hydrogen (secondary N) is 1. The lowest BCUT2D eigenvalue weighted by Crippen LogP contribution is -2.35. The summed E-state index contributed by atoms with van der Waals surface area (Å²) >= 11 is 0. The summed E-state index contributed by atoms with van der Waals surface area (Å²) in [5.41, 5.74) is 6.32. The first-order chi connectivity index (χ1) is 12.0. The summed E-state index contributed by atoms with van der Waals surface area (Å²) < 4.78 is 16.4. The lowest BCUT2D eigenvalue weighted by Gasteiger charge is -2.15. The van der Waals surface area contributed by atoms with E-state index in [1.807, 2.05) is 13.8 Å². The number of hydrogen-bond acceptors (Lipinski definition) is 5. The normalized spacial score (nSPS) is 10.4. The van der Waals surface area contributed by atoms with Crippen LogP contribution in [0.5, 0.6) is 23.0 Å². The predicted molar refractivity (Wildman–Crippen MR) is 97.5 cm³/mol. The minimum atomic E-state index is -0.483. The van der Waals surface area contributed by atoms with Gasteiger partial charge in [0.2, 0.25) is 0 Å². The van der Waals surface area contributed by atoms with E-state index in [0.717, 1.165) is 12.8 Å². The van der Waals surface area contributed by atoms with Crippen molar-refractivity contribution in [3.63, 3.8) is 0 Å². The summed E-state index contributed by atoms with van der Waals surface area (Å²) in [4.78, 5) is 11.9. The van der Waals surface area contributed by atoms with E-state index in [4.69, 9.17) is 19.9 Å². The van der Waals surface area contributed by atoms with Gasteiger partial charge in [-0.15, -0.1) is 0 Å². The first-order valence-corrected chi connectivity index (χ1v) is 8.25. The lowest BCUT2D eigenvalue weighted by atomic mass is 10.2. The number of amides is 1. The highest BCUT2D eigenvalue weighted by Crippen LogP contribution is 2.34. The molecule has 0 spiro atoms. The first kappa shape index (κ1) is 18.4. The highest BCUT2D eigenvalue weighted by molar-refractivity contribution is 5.71. The molecule has 0 saturated heterocycles. The van der Waals surface area contributed by atoms with Crippen molar-refractivity contribution in [3.8, 4) is 23.0 Å². The van der Waals surface area contributed by atoms with Gasteiger partial charge in [0.1, 0.15) is 11.5 Å². The maximum absolute atomic E-state index is 11.9. The second kappa shape index (κ2) is 8.82. The number of hydrogen-bond donors (Lipinski definition) is 2. The van der Waals surface area contributed by atoms with Gasteiger partial charge in [0.05, 0.1) is 7.11 Å². The van der Waals surface area contributed by atoms with E-state index in [2.05, 4.69) is 5.32 Å². The van der Waals surface area contributed by atoms with E-state index >= 15 is 0 Å². The molecule has 0 aromatic heterocycles. The smallest absolute Gasteiger partial charge is 0.412 e. The van der Waals surface area contributed by atoms with E-state index in [1.54, 1.807) is 42.5 Å². The van der Waals surface area contributed by atoms with Crippen LogP contribution >= 0.6 is 0 Å². The van der Waals surface area contributed by atoms with Gasteiger partial charge < -0.3 is 25.3 Å². The molecule has 6 nitrogen and oxygen atoms in total. The van der Waals surface area contributed by atoms with Crippen molar-refractivity contribution in [3.05, 3.63) is 42.5 Å². The molecule has 0 fully saturated rings. The summed E-state index contributed by atoms with van der Waals surface area (Å²) in [6.45, 7) is 4.03. The van der Waals surface area contributed by atoms with Crippen LogP contribution in [0, 0.1) is 0 Å². The maximum atomic E-state index is 11.9. The molecule has 1 amide bonds. The summed E-state index contributed by atoms with van der Waals surface area (Å²) in [6, 6.07) is 12.1. The Labute approximate surface area is 147 Å². The molecule has 0 aliphatic heterocycles. The third-order valence-electron chi connectivity index (χ3n) is 3.76. The number of rotatable bonds is 7. The molecule has 2 aromatic rings. The van der Waals surface area contributed by atoms with Crippen LogP contribution in [-0.4, -0.2) is 19.2 Å². The fourth-order valence-electron chi connectivity index (χ4n) is 2.25. The van der Waals surface area contributed by atoms with E-state index in [1.165, 1.54) is 7.11 Å². The Bertz CT molecular complexity index is 697. The van der Waals surface area contributed by atoms with Crippen molar-refractivity contribution < 1.29 is 19.0 Å². The number of ether oxygens (including phenoxy) is 3. The topological polar surface area (TPSA) is 82.8 Å². The highest BCUT2D eigenvalue weighted by atomic mass is 16.6. The molecule has 0 atom stereocenters. The van der Waals surface area contributed by atoms with Crippen molar-refractivity contribution in [1.29, 1.82) is 0 Å². The summed E-state index contributed by atoms with van der Waals surface area (Å²) in [6.07, 6.45) is 1.22. The van der Waals surface area contributed by atoms with Crippen LogP contribution in [0.4, 0.5) is 10.5 Å². The summed E-state index contributed by atoms with van der Waals surface area (Å²) in [7, 11) is 1.53. The van der Waals surface area contributed by atoms with Crippen LogP contribution < -0.4 is 25.3 Å². The molecule has 3 N–H and O–H groups in total. The van der Waals surface area contributed by atoms with E-state index in [-0.39, 0.29) is 6.04 Å². The molecule has 134 valence electrons. The van der Waals surface area contributed by atoms with Crippen molar-refractivity contribution in [1.82, 2.24) is 5.32 Å². The Morgan fingerprint density at radius 1 is 1.04 bits per heavy atom. The zero-order valence-corrected chi connectivity index (χ0v) is 14.7. The largest absolute Gasteiger partial charge is 0.493 e. The molecule has 0 aliphatic carbocycles. The van der Waals surface area contributed by atoms with Gasteiger partial charge in [0.25, 0.3) is 0 Å². The number of nitrogen functional groups attached to an aromatic ring is 1. The zero-order chi connectivity index (χ0) is 18.2. The second-order valence-corrected chi connectivity index (χ2v) is 5.53. The summed E-state index contributed by atoms with van der Waals surface area (Å²) in [5, 5.41) is 2.82. The molecule has 0 bridgehead atoms. The molecule has 0 radical (unpaired) electrons. The Balaban J connectivity index is 2.07. The van der Waals surface area contributed by atoms with Crippen molar-refractivity contribution >= 4 is 11.8 Å². The Kier molecular flexibility index (Phi) is 6.51. The second-order valence-electron chi connectivity index (χ2n) is 5.53. The molecule has 0 unspecified atom stereocenters. The van der Waals surface area contributed by atoms with Gasteiger partial charge in [0.15, 0.2) is 11.5 Å². The lowest BCUT2D eigenvalue weighted by molar-refractivity contribution is 0.195. The van der Waals surface area contributed by atoms with Crippen molar-refractivity contribution in [2.75, 3.05) is 12.8 Å². The SMILES string of the molecule is CCC(CC)NC(=O)Oc1ccc(Oc2ccc(N)cc2)c(OC)c1. The molecule has 0 heterocycles. The summed E-state index contributed by atoms with van der Waals surface area (Å²) in [5.74, 6) is 1.99. The third-order valence-corrected chi connectivity index (χ3v) is 3.76. The number of nitrogens with two attached hydrogens (primary N) is 1. The molecule has 6 heteroatoms. The van der Waals surface area contributed by atoms with Crippen LogP contribution in [-0.2, 0) is 0 Å². The number of anilines is 1. The van der Waals surface area contributed by atoms with Crippen LogP contribution in [0.25, 0.3) is 0 Å². The molecule has 25 heavy (non-hydrogen) atoms. The van der Waals surface area contributed by atoms with E-state index < -0.39 is 6.09 Å². The van der Waals surface area contributed by atoms with Gasteiger partial charge in [-0.25, -0.2) is 4.79 Å². The Morgan fingerprint density at radius 2 is 1.68 bits per heavy atom. The molecule has 2 rings (SSSR count). The third kappa shape index (κ3) is 5.31. The quantitative estimate of drug-likeness (QED) is 0.730. The standard InChI is InChI=1S/C19H24N2O4/c1-4-14(5-2)21-19(22)25-16-10-11-17(18(12-16)23-3)24-15-8-6-13(20)7-9-15/h6-12,14H,4-5,20H2,1-3H3,(H,21,22).